The lowest BCUT2D eigenvalue weighted by molar-refractivity contribution is 1.01. The minimum atomic E-state index is 0.918. The number of hydrogen-bond acceptors (Lipinski definition) is 2. The molecule has 0 amide bonds. The smallest absolute Gasteiger partial charge is 0.0440 e. The lowest BCUT2D eigenvalue weighted by atomic mass is 9.98. The van der Waals surface area contributed by atoms with Crippen LogP contribution in [0.5, 0.6) is 0 Å². The minimum absolute atomic E-state index is 0.918. The van der Waals surface area contributed by atoms with Gasteiger partial charge in [0.1, 0.15) is 0 Å². The highest BCUT2D eigenvalue weighted by atomic mass is 15.1. The van der Waals surface area contributed by atoms with Crippen molar-refractivity contribution in [1.29, 1.82) is 0 Å². The molecule has 0 N–H and O–H groups in total. The van der Waals surface area contributed by atoms with Crippen molar-refractivity contribution in [3.05, 3.63) is 126 Å². The fourth-order valence-electron chi connectivity index (χ4n) is 4.57. The van der Waals surface area contributed by atoms with Crippen LogP contribution in [0.3, 0.4) is 0 Å². The Labute approximate surface area is 204 Å². The van der Waals surface area contributed by atoms with Crippen molar-refractivity contribution in [3.63, 3.8) is 0 Å². The number of benzene rings is 4. The van der Waals surface area contributed by atoms with Crippen molar-refractivity contribution in [2.45, 2.75) is 27.7 Å². The Balaban J connectivity index is 1.54. The van der Waals surface area contributed by atoms with E-state index in [1.54, 1.807) is 0 Å². The first-order valence-electron chi connectivity index (χ1n) is 12.1. The van der Waals surface area contributed by atoms with Crippen LogP contribution in [0.15, 0.2) is 104 Å². The van der Waals surface area contributed by atoms with E-state index in [2.05, 4.69) is 141 Å². The maximum atomic E-state index is 4.40. The highest BCUT2D eigenvalue weighted by Gasteiger charge is 2.12. The van der Waals surface area contributed by atoms with E-state index < -0.39 is 0 Å². The van der Waals surface area contributed by atoms with Crippen molar-refractivity contribution in [2.24, 2.45) is 0 Å². The van der Waals surface area contributed by atoms with Crippen LogP contribution in [-0.4, -0.2) is 13.1 Å². The van der Waals surface area contributed by atoms with Gasteiger partial charge in [-0.1, -0.05) is 67.2 Å². The summed E-state index contributed by atoms with van der Waals surface area (Å²) in [5.41, 5.74) is 10.8. The number of anilines is 4. The third-order valence-corrected chi connectivity index (χ3v) is 6.50. The topological polar surface area (TPSA) is 6.48 Å². The first kappa shape index (κ1) is 23.4. The molecule has 4 rings (SSSR count). The van der Waals surface area contributed by atoms with Gasteiger partial charge in [0.15, 0.2) is 0 Å². The fraction of sp³-hybridized carbons (Fsp3) is 0.188. The fourth-order valence-corrected chi connectivity index (χ4v) is 4.57. The van der Waals surface area contributed by atoms with Gasteiger partial charge in [-0.25, -0.2) is 0 Å². The van der Waals surface area contributed by atoms with Gasteiger partial charge in [0, 0.05) is 35.8 Å². The summed E-state index contributed by atoms with van der Waals surface area (Å²) in [5.74, 6) is 0. The van der Waals surface area contributed by atoms with Crippen molar-refractivity contribution in [1.82, 2.24) is 0 Å². The number of rotatable bonds is 8. The van der Waals surface area contributed by atoms with E-state index in [9.17, 15) is 0 Å². The maximum absolute atomic E-state index is 4.40. The second-order valence-corrected chi connectivity index (χ2v) is 8.63. The van der Waals surface area contributed by atoms with Crippen LogP contribution < -0.4 is 9.80 Å². The summed E-state index contributed by atoms with van der Waals surface area (Å²) in [6.07, 6.45) is 0. The molecular formula is C32H34N2. The lowest BCUT2D eigenvalue weighted by Crippen LogP contribution is -2.17. The summed E-state index contributed by atoms with van der Waals surface area (Å²) >= 11 is 0. The van der Waals surface area contributed by atoms with Gasteiger partial charge >= 0.3 is 0 Å². The Bertz CT molecular complexity index is 1150. The number of aryl methyl sites for hydroxylation is 2. The molecule has 0 radical (unpaired) electrons. The highest BCUT2D eigenvalue weighted by Crippen LogP contribution is 2.32. The first-order chi connectivity index (χ1) is 16.5. The average molecular weight is 447 g/mol. The Hall–Kier alpha value is -3.78. The predicted molar refractivity (Wildman–Crippen MR) is 149 cm³/mol. The van der Waals surface area contributed by atoms with E-state index in [4.69, 9.17) is 0 Å². The maximum Gasteiger partial charge on any atom is 0.0440 e. The predicted octanol–water partition coefficient (Wildman–Crippen LogP) is 8.68. The van der Waals surface area contributed by atoms with Gasteiger partial charge in [0.2, 0.25) is 0 Å². The largest absolute Gasteiger partial charge is 0.342 e. The molecule has 0 aliphatic rings. The van der Waals surface area contributed by atoms with Gasteiger partial charge in [0.25, 0.3) is 0 Å². The third-order valence-electron chi connectivity index (χ3n) is 6.50. The van der Waals surface area contributed by atoms with Crippen LogP contribution in [-0.2, 0) is 0 Å². The Kier molecular flexibility index (Phi) is 7.18. The highest BCUT2D eigenvalue weighted by molar-refractivity contribution is 5.80. The summed E-state index contributed by atoms with van der Waals surface area (Å²) < 4.78 is 0. The molecule has 0 aliphatic heterocycles. The summed E-state index contributed by atoms with van der Waals surface area (Å²) in [6, 6.07) is 34.6. The molecule has 4 aromatic rings. The van der Waals surface area contributed by atoms with E-state index in [0.29, 0.717) is 0 Å². The van der Waals surface area contributed by atoms with Gasteiger partial charge in [-0.2, -0.15) is 0 Å². The summed E-state index contributed by atoms with van der Waals surface area (Å²) in [4.78, 5) is 4.70. The molecular weight excluding hydrogens is 412 g/mol. The molecule has 2 nitrogen and oxygen atoms in total. The lowest BCUT2D eigenvalue weighted by Gasteiger charge is -2.26. The van der Waals surface area contributed by atoms with Crippen LogP contribution in [0.25, 0.3) is 5.57 Å². The van der Waals surface area contributed by atoms with Crippen molar-refractivity contribution in [2.75, 3.05) is 22.9 Å². The number of nitrogens with zero attached hydrogens (tertiary/aromatic N) is 2. The molecule has 0 spiro atoms. The van der Waals surface area contributed by atoms with Crippen LogP contribution in [0.4, 0.5) is 22.7 Å². The normalized spacial score (nSPS) is 10.7. The molecule has 2 heteroatoms. The number of hydrogen-bond donors (Lipinski definition) is 0. The zero-order valence-corrected chi connectivity index (χ0v) is 20.8. The van der Waals surface area contributed by atoms with Crippen LogP contribution in [0.2, 0.25) is 0 Å². The number of para-hydroxylation sites is 2. The van der Waals surface area contributed by atoms with E-state index in [0.717, 1.165) is 29.8 Å². The molecule has 34 heavy (non-hydrogen) atoms. The third kappa shape index (κ3) is 4.77. The minimum Gasteiger partial charge on any atom is -0.342 e. The molecule has 0 saturated carbocycles. The SMILES string of the molecule is C=C(c1ccc(N(CC)c2ccccc2C)cc1)c1ccc(N(CC)c2ccccc2C)cc1. The van der Waals surface area contributed by atoms with Crippen LogP contribution in [0.1, 0.15) is 36.1 Å². The molecule has 0 bridgehead atoms. The van der Waals surface area contributed by atoms with E-state index in [-0.39, 0.29) is 0 Å². The monoisotopic (exact) mass is 446 g/mol. The van der Waals surface area contributed by atoms with Crippen molar-refractivity contribution < 1.29 is 0 Å². The van der Waals surface area contributed by atoms with Crippen LogP contribution >= 0.6 is 0 Å². The molecule has 0 fully saturated rings. The van der Waals surface area contributed by atoms with Crippen molar-refractivity contribution in [3.8, 4) is 0 Å². The van der Waals surface area contributed by atoms with Gasteiger partial charge < -0.3 is 9.80 Å². The zero-order valence-electron chi connectivity index (χ0n) is 20.8. The van der Waals surface area contributed by atoms with E-state index in [1.165, 1.54) is 33.9 Å². The molecule has 172 valence electrons. The summed E-state index contributed by atoms with van der Waals surface area (Å²) in [7, 11) is 0. The Morgan fingerprint density at radius 2 is 0.912 bits per heavy atom. The Morgan fingerprint density at radius 1 is 0.559 bits per heavy atom. The second kappa shape index (κ2) is 10.4. The van der Waals surface area contributed by atoms with E-state index >= 15 is 0 Å². The molecule has 0 aromatic heterocycles. The van der Waals surface area contributed by atoms with E-state index in [1.807, 2.05) is 0 Å². The molecule has 0 heterocycles. The van der Waals surface area contributed by atoms with Gasteiger partial charge in [0.05, 0.1) is 0 Å². The first-order valence-corrected chi connectivity index (χ1v) is 12.1. The Morgan fingerprint density at radius 3 is 1.24 bits per heavy atom. The van der Waals surface area contributed by atoms with Gasteiger partial charge in [-0.3, -0.25) is 0 Å². The zero-order chi connectivity index (χ0) is 24.1. The molecule has 0 unspecified atom stereocenters. The summed E-state index contributed by atoms with van der Waals surface area (Å²) in [5, 5.41) is 0. The molecule has 0 aliphatic carbocycles. The van der Waals surface area contributed by atoms with Crippen molar-refractivity contribution >= 4 is 28.3 Å². The molecule has 4 aromatic carbocycles. The van der Waals surface area contributed by atoms with Gasteiger partial charge in [-0.15, -0.1) is 0 Å². The second-order valence-electron chi connectivity index (χ2n) is 8.63. The standard InChI is InChI=1S/C32H34N2/c1-6-33(31-14-10-8-12-24(31)3)29-20-16-27(17-21-29)26(5)28-18-22-30(23-19-28)34(7-2)32-15-11-9-13-25(32)4/h8-23H,5-7H2,1-4H3. The molecule has 0 atom stereocenters. The average Bonchev–Trinajstić information content (AvgIpc) is 2.87. The molecule has 0 saturated heterocycles. The van der Waals surface area contributed by atoms with Gasteiger partial charge in [-0.05, 0) is 91.9 Å². The van der Waals surface area contributed by atoms with Crippen LogP contribution in [0, 0.1) is 13.8 Å². The summed E-state index contributed by atoms with van der Waals surface area (Å²) in [6.45, 7) is 14.9. The quantitative estimate of drug-likeness (QED) is 0.267.